The van der Waals surface area contributed by atoms with Gasteiger partial charge in [-0.05, 0) is 36.6 Å². The predicted molar refractivity (Wildman–Crippen MR) is 85.0 cm³/mol. The Morgan fingerprint density at radius 2 is 2.14 bits per heavy atom. The summed E-state index contributed by atoms with van der Waals surface area (Å²) in [6.45, 7) is 1.89. The van der Waals surface area contributed by atoms with E-state index in [0.29, 0.717) is 12.0 Å². The topological polar surface area (TPSA) is 62.2 Å². The van der Waals surface area contributed by atoms with E-state index >= 15 is 0 Å². The summed E-state index contributed by atoms with van der Waals surface area (Å²) in [5.41, 5.74) is 2.40. The monoisotopic (exact) mass is 348 g/mol. The molecule has 1 aromatic heterocycles. The van der Waals surface area contributed by atoms with E-state index in [4.69, 9.17) is 0 Å². The molecule has 110 valence electrons. The van der Waals surface area contributed by atoms with E-state index in [2.05, 4.69) is 26.2 Å². The first kappa shape index (κ1) is 15.7. The van der Waals surface area contributed by atoms with Crippen LogP contribution in [0.1, 0.15) is 33.9 Å². The summed E-state index contributed by atoms with van der Waals surface area (Å²) in [5.74, 6) is -0.194. The lowest BCUT2D eigenvalue weighted by atomic mass is 10.0. The van der Waals surface area contributed by atoms with E-state index in [-0.39, 0.29) is 18.6 Å². The fourth-order valence-electron chi connectivity index (χ4n) is 2.11. The summed E-state index contributed by atoms with van der Waals surface area (Å²) in [5, 5.41) is 12.2. The molecule has 0 aliphatic rings. The number of aliphatic hydroxyl groups excluding tert-OH is 1. The zero-order valence-electron chi connectivity index (χ0n) is 11.7. The molecule has 5 heteroatoms. The van der Waals surface area contributed by atoms with Gasteiger partial charge in [0, 0.05) is 23.5 Å². The second-order valence-corrected chi connectivity index (χ2v) is 5.67. The first-order valence-corrected chi connectivity index (χ1v) is 7.49. The Bertz CT molecular complexity index is 631. The van der Waals surface area contributed by atoms with Gasteiger partial charge in [-0.3, -0.25) is 9.78 Å². The summed E-state index contributed by atoms with van der Waals surface area (Å²) in [4.78, 5) is 16.3. The first-order valence-electron chi connectivity index (χ1n) is 6.69. The number of carbonyl (C=O) groups excluding carboxylic acids is 1. The van der Waals surface area contributed by atoms with E-state index in [1.54, 1.807) is 18.5 Å². The number of carbonyl (C=O) groups is 1. The molecule has 0 saturated heterocycles. The molecule has 21 heavy (non-hydrogen) atoms. The van der Waals surface area contributed by atoms with Crippen molar-refractivity contribution >= 4 is 21.8 Å². The molecular weight excluding hydrogens is 332 g/mol. The van der Waals surface area contributed by atoms with Gasteiger partial charge in [0.15, 0.2) is 0 Å². The van der Waals surface area contributed by atoms with Crippen molar-refractivity contribution in [1.82, 2.24) is 10.3 Å². The highest BCUT2D eigenvalue weighted by molar-refractivity contribution is 9.10. The molecule has 2 N–H and O–H groups in total. The lowest BCUT2D eigenvalue weighted by Crippen LogP contribution is -2.29. The number of nitrogens with zero attached hydrogens (tertiary/aromatic N) is 1. The molecule has 0 aliphatic heterocycles. The Hall–Kier alpha value is -1.72. The SMILES string of the molecule is Cc1cncc(C(=O)N[C@@H](CCO)c2ccccc2Br)c1. The van der Waals surface area contributed by atoms with E-state index < -0.39 is 0 Å². The lowest BCUT2D eigenvalue weighted by molar-refractivity contribution is 0.0929. The van der Waals surface area contributed by atoms with E-state index in [9.17, 15) is 9.90 Å². The van der Waals surface area contributed by atoms with Crippen LogP contribution < -0.4 is 5.32 Å². The molecule has 0 aliphatic carbocycles. The minimum Gasteiger partial charge on any atom is -0.396 e. The number of amides is 1. The summed E-state index contributed by atoms with van der Waals surface area (Å²) in [7, 11) is 0. The van der Waals surface area contributed by atoms with Gasteiger partial charge in [-0.1, -0.05) is 34.1 Å². The Kier molecular flexibility index (Phi) is 5.47. The number of halogens is 1. The smallest absolute Gasteiger partial charge is 0.253 e. The van der Waals surface area contributed by atoms with Crippen LogP contribution in [-0.4, -0.2) is 22.6 Å². The highest BCUT2D eigenvalue weighted by Crippen LogP contribution is 2.25. The predicted octanol–water partition coefficient (Wildman–Crippen LogP) is 3.01. The third-order valence-electron chi connectivity index (χ3n) is 3.14. The van der Waals surface area contributed by atoms with Crippen molar-refractivity contribution in [2.24, 2.45) is 0 Å². The minimum atomic E-state index is -0.251. The molecule has 0 fully saturated rings. The zero-order chi connectivity index (χ0) is 15.2. The van der Waals surface area contributed by atoms with Crippen LogP contribution in [-0.2, 0) is 0 Å². The molecule has 4 nitrogen and oxygen atoms in total. The quantitative estimate of drug-likeness (QED) is 0.872. The van der Waals surface area contributed by atoms with Gasteiger partial charge in [0.1, 0.15) is 0 Å². The van der Waals surface area contributed by atoms with E-state index in [0.717, 1.165) is 15.6 Å². The van der Waals surface area contributed by atoms with Gasteiger partial charge in [-0.15, -0.1) is 0 Å². The Morgan fingerprint density at radius 1 is 1.38 bits per heavy atom. The van der Waals surface area contributed by atoms with Crippen LogP contribution in [0.5, 0.6) is 0 Å². The van der Waals surface area contributed by atoms with Crippen LogP contribution in [0.3, 0.4) is 0 Å². The van der Waals surface area contributed by atoms with Gasteiger partial charge >= 0.3 is 0 Å². The molecule has 0 radical (unpaired) electrons. The van der Waals surface area contributed by atoms with Crippen molar-refractivity contribution in [1.29, 1.82) is 0 Å². The molecular formula is C16H17BrN2O2. The Labute approximate surface area is 132 Å². The summed E-state index contributed by atoms with van der Waals surface area (Å²) in [6, 6.07) is 9.21. The van der Waals surface area contributed by atoms with Crippen molar-refractivity contribution in [2.45, 2.75) is 19.4 Å². The van der Waals surface area contributed by atoms with Crippen LogP contribution in [0.4, 0.5) is 0 Å². The number of nitrogens with one attached hydrogen (secondary N) is 1. The summed E-state index contributed by atoms with van der Waals surface area (Å²) >= 11 is 3.48. The van der Waals surface area contributed by atoms with Crippen LogP contribution >= 0.6 is 15.9 Å². The van der Waals surface area contributed by atoms with Crippen LogP contribution in [0.2, 0.25) is 0 Å². The van der Waals surface area contributed by atoms with Gasteiger partial charge in [-0.2, -0.15) is 0 Å². The highest BCUT2D eigenvalue weighted by atomic mass is 79.9. The van der Waals surface area contributed by atoms with Crippen molar-refractivity contribution < 1.29 is 9.90 Å². The van der Waals surface area contributed by atoms with Gasteiger partial charge in [-0.25, -0.2) is 0 Å². The molecule has 1 heterocycles. The largest absolute Gasteiger partial charge is 0.396 e. The molecule has 1 amide bonds. The van der Waals surface area contributed by atoms with Gasteiger partial charge < -0.3 is 10.4 Å². The average Bonchev–Trinajstić information content (AvgIpc) is 2.47. The van der Waals surface area contributed by atoms with Crippen molar-refractivity contribution in [3.05, 3.63) is 63.9 Å². The summed E-state index contributed by atoms with van der Waals surface area (Å²) in [6.07, 6.45) is 3.70. The van der Waals surface area contributed by atoms with Gasteiger partial charge in [0.25, 0.3) is 5.91 Å². The summed E-state index contributed by atoms with van der Waals surface area (Å²) < 4.78 is 0.908. The molecule has 2 aromatic rings. The zero-order valence-corrected chi connectivity index (χ0v) is 13.3. The molecule has 0 unspecified atom stereocenters. The van der Waals surface area contributed by atoms with Crippen molar-refractivity contribution in [3.63, 3.8) is 0 Å². The number of aryl methyl sites for hydroxylation is 1. The number of hydrogen-bond donors (Lipinski definition) is 2. The van der Waals surface area contributed by atoms with Crippen LogP contribution in [0, 0.1) is 6.92 Å². The van der Waals surface area contributed by atoms with Crippen LogP contribution in [0.15, 0.2) is 47.2 Å². The number of aromatic nitrogens is 1. The van der Waals surface area contributed by atoms with E-state index in [1.165, 1.54) is 0 Å². The number of rotatable bonds is 5. The average molecular weight is 349 g/mol. The lowest BCUT2D eigenvalue weighted by Gasteiger charge is -2.19. The number of aliphatic hydroxyl groups is 1. The van der Waals surface area contributed by atoms with Crippen molar-refractivity contribution in [3.8, 4) is 0 Å². The van der Waals surface area contributed by atoms with E-state index in [1.807, 2.05) is 31.2 Å². The normalized spacial score (nSPS) is 12.0. The van der Waals surface area contributed by atoms with Crippen molar-refractivity contribution in [2.75, 3.05) is 6.61 Å². The Balaban J connectivity index is 2.20. The maximum Gasteiger partial charge on any atom is 0.253 e. The minimum absolute atomic E-state index is 0.00164. The van der Waals surface area contributed by atoms with Crippen LogP contribution in [0.25, 0.3) is 0 Å². The molecule has 0 bridgehead atoms. The molecule has 2 rings (SSSR count). The third-order valence-corrected chi connectivity index (χ3v) is 3.86. The Morgan fingerprint density at radius 3 is 2.81 bits per heavy atom. The highest BCUT2D eigenvalue weighted by Gasteiger charge is 2.17. The van der Waals surface area contributed by atoms with Gasteiger partial charge in [0.05, 0.1) is 11.6 Å². The maximum atomic E-state index is 12.3. The number of pyridine rings is 1. The second kappa shape index (κ2) is 7.33. The molecule has 0 saturated carbocycles. The second-order valence-electron chi connectivity index (χ2n) is 4.81. The number of hydrogen-bond acceptors (Lipinski definition) is 3. The molecule has 1 atom stereocenters. The number of benzene rings is 1. The standard InChI is InChI=1S/C16H17BrN2O2/c1-11-8-12(10-18-9-11)16(21)19-15(6-7-20)13-4-2-3-5-14(13)17/h2-5,8-10,15,20H,6-7H2,1H3,(H,19,21)/t15-/m0/s1. The third kappa shape index (κ3) is 4.12. The molecule has 0 spiro atoms. The molecule has 1 aromatic carbocycles. The first-order chi connectivity index (χ1) is 10.1. The fraction of sp³-hybridized carbons (Fsp3) is 0.250. The fourth-order valence-corrected chi connectivity index (χ4v) is 2.67. The van der Waals surface area contributed by atoms with Gasteiger partial charge in [0.2, 0.25) is 0 Å². The maximum absolute atomic E-state index is 12.3.